The van der Waals surface area contributed by atoms with Crippen LogP contribution in [0, 0.1) is 39.4 Å². The van der Waals surface area contributed by atoms with E-state index in [1.807, 2.05) is 11.1 Å². The highest BCUT2D eigenvalue weighted by Crippen LogP contribution is 2.72. The number of rotatable bonds is 5. The van der Waals surface area contributed by atoms with Crippen LogP contribution in [0.5, 0.6) is 0 Å². The molecule has 0 aromatic rings. The van der Waals surface area contributed by atoms with Crippen LogP contribution in [0.4, 0.5) is 0 Å². The van der Waals surface area contributed by atoms with Gasteiger partial charge in [0.1, 0.15) is 0 Å². The predicted octanol–water partition coefficient (Wildman–Crippen LogP) is 8.65. The van der Waals surface area contributed by atoms with Crippen molar-refractivity contribution in [3.8, 4) is 0 Å². The molecule has 2 fully saturated rings. The molecule has 0 bridgehead atoms. The summed E-state index contributed by atoms with van der Waals surface area (Å²) in [5.41, 5.74) is 6.03. The number of fused-ring (bicyclic) bond motifs is 4. The van der Waals surface area contributed by atoms with E-state index in [1.165, 1.54) is 56.9 Å². The molecule has 0 radical (unpaired) electrons. The van der Waals surface area contributed by atoms with Crippen molar-refractivity contribution >= 4 is 0 Å². The van der Waals surface area contributed by atoms with E-state index in [0.717, 1.165) is 24.7 Å². The van der Waals surface area contributed by atoms with Crippen LogP contribution in [0.2, 0.25) is 0 Å². The fraction of sp³-hybridized carbons (Fsp3) is 0.806. The van der Waals surface area contributed by atoms with Crippen molar-refractivity contribution in [2.45, 2.75) is 119 Å². The zero-order chi connectivity index (χ0) is 23.5. The molecule has 0 aromatic heterocycles. The molecule has 3 unspecified atom stereocenters. The topological polar surface area (TPSA) is 20.2 Å². The Labute approximate surface area is 198 Å². The first-order valence-corrected chi connectivity index (χ1v) is 13.6. The van der Waals surface area contributed by atoms with Crippen molar-refractivity contribution < 1.29 is 5.11 Å². The van der Waals surface area contributed by atoms with E-state index in [1.54, 1.807) is 0 Å². The van der Waals surface area contributed by atoms with Gasteiger partial charge in [0.2, 0.25) is 0 Å². The molecule has 32 heavy (non-hydrogen) atoms. The molecule has 0 amide bonds. The van der Waals surface area contributed by atoms with Crippen LogP contribution < -0.4 is 0 Å². The first-order chi connectivity index (χ1) is 14.9. The molecule has 4 aliphatic carbocycles. The largest absolute Gasteiger partial charge is 0.392 e. The van der Waals surface area contributed by atoms with E-state index in [4.69, 9.17) is 0 Å². The van der Waals surface area contributed by atoms with Gasteiger partial charge >= 0.3 is 0 Å². The Morgan fingerprint density at radius 1 is 1.03 bits per heavy atom. The van der Waals surface area contributed by atoms with Gasteiger partial charge in [-0.2, -0.15) is 0 Å². The van der Waals surface area contributed by atoms with Crippen molar-refractivity contribution in [1.82, 2.24) is 0 Å². The highest BCUT2D eigenvalue weighted by atomic mass is 16.3. The van der Waals surface area contributed by atoms with Crippen molar-refractivity contribution in [3.63, 3.8) is 0 Å². The fourth-order valence-electron chi connectivity index (χ4n) is 9.49. The highest BCUT2D eigenvalue weighted by Gasteiger charge is 2.63. The van der Waals surface area contributed by atoms with Crippen molar-refractivity contribution in [1.29, 1.82) is 0 Å². The maximum absolute atomic E-state index is 10.9. The van der Waals surface area contributed by atoms with Gasteiger partial charge in [-0.3, -0.25) is 0 Å². The monoisotopic (exact) mass is 438 g/mol. The summed E-state index contributed by atoms with van der Waals surface area (Å²) < 4.78 is 0. The van der Waals surface area contributed by atoms with Crippen LogP contribution in [0.3, 0.4) is 0 Å². The zero-order valence-corrected chi connectivity index (χ0v) is 22.2. The fourth-order valence-corrected chi connectivity index (χ4v) is 9.49. The summed E-state index contributed by atoms with van der Waals surface area (Å²) in [4.78, 5) is 0. The molecule has 2 saturated carbocycles. The van der Waals surface area contributed by atoms with Gasteiger partial charge in [-0.1, -0.05) is 63.5 Å². The van der Waals surface area contributed by atoms with E-state index in [2.05, 4.69) is 67.2 Å². The molecule has 0 spiro atoms. The molecule has 0 aliphatic heterocycles. The van der Waals surface area contributed by atoms with E-state index < -0.39 is 0 Å². The van der Waals surface area contributed by atoms with Gasteiger partial charge in [0.25, 0.3) is 0 Å². The second-order valence-corrected chi connectivity index (χ2v) is 13.3. The summed E-state index contributed by atoms with van der Waals surface area (Å²) in [5.74, 6) is 2.19. The number of allylic oxidation sites excluding steroid dienone is 4. The van der Waals surface area contributed by atoms with Gasteiger partial charge in [-0.15, -0.1) is 6.58 Å². The minimum atomic E-state index is -0.234. The van der Waals surface area contributed by atoms with Crippen molar-refractivity contribution in [3.05, 3.63) is 35.5 Å². The number of hydrogen-bond donors (Lipinski definition) is 1. The third-order valence-corrected chi connectivity index (χ3v) is 11.8. The lowest BCUT2D eigenvalue weighted by Gasteiger charge is -2.62. The lowest BCUT2D eigenvalue weighted by atomic mass is 9.43. The molecule has 0 heterocycles. The first-order valence-electron chi connectivity index (χ1n) is 13.6. The molecule has 8 atom stereocenters. The Bertz CT molecular complexity index is 814. The third kappa shape index (κ3) is 3.27. The Morgan fingerprint density at radius 3 is 2.41 bits per heavy atom. The highest BCUT2D eigenvalue weighted by molar-refractivity contribution is 5.39. The van der Waals surface area contributed by atoms with Crippen LogP contribution in [0.1, 0.15) is 113 Å². The SMILES string of the molecule is C=CC1(C)C(O)CC[C@]2(C)C3=C(CCC12)[C@]1(C)CC[C@H]([C@H](C)CCC=C(C)C)[C@]1(C)CC3. The van der Waals surface area contributed by atoms with Crippen molar-refractivity contribution in [2.24, 2.45) is 39.4 Å². The molecular weight excluding hydrogens is 388 g/mol. The average molecular weight is 439 g/mol. The predicted molar refractivity (Wildman–Crippen MR) is 137 cm³/mol. The quantitative estimate of drug-likeness (QED) is 0.426. The molecular formula is C31H50O. The van der Waals surface area contributed by atoms with Crippen LogP contribution >= 0.6 is 0 Å². The maximum atomic E-state index is 10.9. The van der Waals surface area contributed by atoms with E-state index in [9.17, 15) is 5.11 Å². The Kier molecular flexibility index (Phi) is 6.19. The van der Waals surface area contributed by atoms with Gasteiger partial charge in [0.15, 0.2) is 0 Å². The summed E-state index contributed by atoms with van der Waals surface area (Å²) in [5, 5.41) is 10.9. The zero-order valence-electron chi connectivity index (χ0n) is 22.2. The molecule has 1 heteroatoms. The van der Waals surface area contributed by atoms with Crippen LogP contribution in [-0.4, -0.2) is 11.2 Å². The smallest absolute Gasteiger partial charge is 0.0631 e. The third-order valence-electron chi connectivity index (χ3n) is 11.8. The standard InChI is InChI=1S/C31H50O/c1-9-28(5)26-14-13-25-24(29(26,6)18-17-27(28)32)16-20-30(7)23(15-19-31(25,30)8)22(4)12-10-11-21(2)3/h9,11,22-23,26-27,32H,1,10,12-20H2,2-8H3/t22-,23-,26?,27?,28?,29-,30+,31+/m1/s1. The second-order valence-electron chi connectivity index (χ2n) is 13.3. The number of hydrogen-bond acceptors (Lipinski definition) is 1. The summed E-state index contributed by atoms with van der Waals surface area (Å²) in [6.07, 6.45) is 16.8. The van der Waals surface area contributed by atoms with Crippen LogP contribution in [0.15, 0.2) is 35.5 Å². The van der Waals surface area contributed by atoms with Crippen molar-refractivity contribution in [2.75, 3.05) is 0 Å². The van der Waals surface area contributed by atoms with Crippen LogP contribution in [-0.2, 0) is 0 Å². The molecule has 1 nitrogen and oxygen atoms in total. The van der Waals surface area contributed by atoms with E-state index in [0.29, 0.717) is 16.7 Å². The number of aliphatic hydroxyl groups is 1. The second kappa shape index (κ2) is 8.14. The Hall–Kier alpha value is -0.820. The molecule has 180 valence electrons. The molecule has 0 aromatic carbocycles. The summed E-state index contributed by atoms with van der Waals surface area (Å²) in [6.45, 7) is 21.4. The molecule has 0 saturated heterocycles. The average Bonchev–Trinajstić information content (AvgIpc) is 3.02. The lowest BCUT2D eigenvalue weighted by molar-refractivity contribution is -0.0801. The Balaban J connectivity index is 1.66. The van der Waals surface area contributed by atoms with Gasteiger partial charge < -0.3 is 5.11 Å². The molecule has 1 N–H and O–H groups in total. The summed E-state index contributed by atoms with van der Waals surface area (Å²) >= 11 is 0. The maximum Gasteiger partial charge on any atom is 0.0631 e. The van der Waals surface area contributed by atoms with Gasteiger partial charge in [0, 0.05) is 5.41 Å². The van der Waals surface area contributed by atoms with E-state index in [-0.39, 0.29) is 16.9 Å². The summed E-state index contributed by atoms with van der Waals surface area (Å²) in [7, 11) is 0. The lowest BCUT2D eigenvalue weighted by Crippen LogP contribution is -2.55. The Morgan fingerprint density at radius 2 is 1.75 bits per heavy atom. The number of aliphatic hydroxyl groups excluding tert-OH is 1. The van der Waals surface area contributed by atoms with E-state index >= 15 is 0 Å². The van der Waals surface area contributed by atoms with Crippen LogP contribution in [0.25, 0.3) is 0 Å². The normalized spacial score (nSPS) is 46.7. The minimum absolute atomic E-state index is 0.148. The molecule has 4 aliphatic rings. The first kappa shape index (κ1) is 24.3. The van der Waals surface area contributed by atoms with Gasteiger partial charge in [-0.05, 0) is 112 Å². The van der Waals surface area contributed by atoms with Gasteiger partial charge in [0.05, 0.1) is 6.10 Å². The summed E-state index contributed by atoms with van der Waals surface area (Å²) in [6, 6.07) is 0. The molecule has 4 rings (SSSR count). The minimum Gasteiger partial charge on any atom is -0.392 e. The van der Waals surface area contributed by atoms with Gasteiger partial charge in [-0.25, -0.2) is 0 Å².